The van der Waals surface area contributed by atoms with Gasteiger partial charge in [-0.15, -0.1) is 0 Å². The zero-order valence-corrected chi connectivity index (χ0v) is 44.0. The van der Waals surface area contributed by atoms with Crippen LogP contribution in [0.1, 0.15) is 105 Å². The quantitative estimate of drug-likeness (QED) is 0.0666. The summed E-state index contributed by atoms with van der Waals surface area (Å²) >= 11 is 0. The fourth-order valence-corrected chi connectivity index (χ4v) is 10.0. The summed E-state index contributed by atoms with van der Waals surface area (Å²) in [5.74, 6) is -6.13. The number of ether oxygens (including phenoxy) is 3. The van der Waals surface area contributed by atoms with E-state index in [1.165, 1.54) is 33.1 Å². The van der Waals surface area contributed by atoms with Crippen molar-refractivity contribution in [1.29, 1.82) is 0 Å². The summed E-state index contributed by atoms with van der Waals surface area (Å²) in [7, 11) is 2.08. The Bertz CT molecular complexity index is 2170. The van der Waals surface area contributed by atoms with Gasteiger partial charge < -0.3 is 50.4 Å². The first-order chi connectivity index (χ1) is 33.9. The van der Waals surface area contributed by atoms with Crippen LogP contribution in [0.15, 0.2) is 24.3 Å². The highest BCUT2D eigenvalue weighted by Crippen LogP contribution is 2.30. The number of likely N-dealkylation sites (N-methyl/N-ethyl adjacent to an activating group) is 2. The number of rotatable bonds is 29. The highest BCUT2D eigenvalue weighted by Gasteiger charge is 2.43. The van der Waals surface area contributed by atoms with Gasteiger partial charge in [0.25, 0.3) is 5.91 Å². The monoisotopic (exact) mass is 1040 g/mol. The molecule has 404 valence electrons. The molecule has 8 amide bonds. The SMILES string of the molecule is CC[C@H](C)[C@@H]([C@@H](CC(=O)N1CCC[C@H]1[C@H](OC)[C@@H](C)C(=O)NCC(=O)NS(=O)(=O)C1CC1)OC)N(C)C(=O)CNC(=O)C(C(C)C)N(C)C(=O)OCc1ccc(NC(=O)[C@H](C)NC(=O)CCCC(=O)O)cc1. The average Bonchev–Trinajstić information content (AvgIpc) is 4.09. The van der Waals surface area contributed by atoms with Gasteiger partial charge in [0.2, 0.25) is 45.5 Å². The number of carboxylic acids is 1. The third kappa shape index (κ3) is 18.0. The van der Waals surface area contributed by atoms with Crippen molar-refractivity contribution < 1.29 is 70.9 Å². The maximum Gasteiger partial charge on any atom is 0.410 e. The van der Waals surface area contributed by atoms with Crippen molar-refractivity contribution in [3.8, 4) is 0 Å². The standard InChI is InChI=1S/C48H76N8O15S/c1-11-29(4)43(36(69-9)24-39(59)56-23-13-14-35(56)44(70-10)30(5)45(63)49-25-38(58)53-72(67,68)34-21-22-34)54(7)40(60)26-50-47(65)42(28(2)3)55(8)48(66)71-27-32-17-19-33(20-18-32)52-46(64)31(6)51-37(57)15-12-16-41(61)62/h17-20,28-31,34-36,42-44H,11-16,21-27H2,1-10H3,(H,49,63)(H,50,65)(H,51,57)(H,52,64)(H,53,58)(H,61,62)/t29-,30+,31-,35-,36+,42?,43-,44+/m0/s1. The lowest BCUT2D eigenvalue weighted by molar-refractivity contribution is -0.146. The predicted molar refractivity (Wildman–Crippen MR) is 263 cm³/mol. The Labute approximate surface area is 422 Å². The molecule has 1 aromatic rings. The van der Waals surface area contributed by atoms with E-state index in [1.54, 1.807) is 57.0 Å². The molecule has 1 saturated carbocycles. The molecule has 1 saturated heterocycles. The number of nitrogens with zero attached hydrogens (tertiary/aromatic N) is 3. The fourth-order valence-electron chi connectivity index (χ4n) is 8.70. The summed E-state index contributed by atoms with van der Waals surface area (Å²) in [6.07, 6.45) is 0.189. The number of carboxylic acid groups (broad SMARTS) is 1. The summed E-state index contributed by atoms with van der Waals surface area (Å²) in [6, 6.07) is 3.36. The zero-order chi connectivity index (χ0) is 54.0. The van der Waals surface area contributed by atoms with E-state index >= 15 is 0 Å². The number of sulfonamides is 1. The van der Waals surface area contributed by atoms with E-state index in [2.05, 4.69) is 21.3 Å². The molecule has 0 bridgehead atoms. The fraction of sp³-hybridized carbons (Fsp3) is 0.688. The number of carbonyl (C=O) groups excluding carboxylic acids is 8. The number of aliphatic carboxylic acids is 1. The summed E-state index contributed by atoms with van der Waals surface area (Å²) in [6.45, 7) is 9.67. The summed E-state index contributed by atoms with van der Waals surface area (Å²) in [5, 5.41) is 18.5. The maximum atomic E-state index is 14.1. The van der Waals surface area contributed by atoms with Crippen LogP contribution < -0.4 is 26.0 Å². The number of nitrogens with one attached hydrogen (secondary N) is 5. The van der Waals surface area contributed by atoms with E-state index in [4.69, 9.17) is 19.3 Å². The Hall–Kier alpha value is -5.88. The molecule has 6 N–H and O–H groups in total. The molecule has 1 unspecified atom stereocenters. The van der Waals surface area contributed by atoms with Crippen LogP contribution in [-0.2, 0) is 69.2 Å². The molecule has 3 rings (SSSR count). The lowest BCUT2D eigenvalue weighted by Gasteiger charge is -2.39. The van der Waals surface area contributed by atoms with Crippen molar-refractivity contribution in [3.05, 3.63) is 29.8 Å². The molecule has 2 fully saturated rings. The molecule has 1 heterocycles. The Morgan fingerprint density at radius 2 is 1.46 bits per heavy atom. The molecule has 72 heavy (non-hydrogen) atoms. The average molecular weight is 1040 g/mol. The largest absolute Gasteiger partial charge is 0.481 e. The third-order valence-electron chi connectivity index (χ3n) is 13.1. The summed E-state index contributed by atoms with van der Waals surface area (Å²) in [4.78, 5) is 120. The van der Waals surface area contributed by atoms with E-state index < -0.39 is 124 Å². The van der Waals surface area contributed by atoms with Crippen LogP contribution in [-0.4, -0.2) is 171 Å². The predicted octanol–water partition coefficient (Wildman–Crippen LogP) is 1.74. The number of benzene rings is 1. The minimum absolute atomic E-state index is 0.0339. The van der Waals surface area contributed by atoms with Crippen molar-refractivity contribution in [2.24, 2.45) is 17.8 Å². The smallest absolute Gasteiger partial charge is 0.410 e. The molecule has 2 aliphatic rings. The van der Waals surface area contributed by atoms with Crippen LogP contribution in [0.25, 0.3) is 0 Å². The Kier molecular flexibility index (Phi) is 23.8. The third-order valence-corrected chi connectivity index (χ3v) is 15.0. The molecule has 1 aliphatic carbocycles. The zero-order valence-electron chi connectivity index (χ0n) is 43.2. The Morgan fingerprint density at radius 1 is 0.819 bits per heavy atom. The van der Waals surface area contributed by atoms with Gasteiger partial charge in [-0.05, 0) is 68.6 Å². The first-order valence-corrected chi connectivity index (χ1v) is 25.9. The van der Waals surface area contributed by atoms with Crippen molar-refractivity contribution in [2.75, 3.05) is 53.3 Å². The van der Waals surface area contributed by atoms with Crippen LogP contribution in [0.2, 0.25) is 0 Å². The van der Waals surface area contributed by atoms with Crippen molar-refractivity contribution in [1.82, 2.24) is 35.4 Å². The minimum Gasteiger partial charge on any atom is -0.481 e. The lowest BCUT2D eigenvalue weighted by atomic mass is 9.90. The van der Waals surface area contributed by atoms with Gasteiger partial charge >= 0.3 is 12.1 Å². The van der Waals surface area contributed by atoms with Gasteiger partial charge in [0, 0.05) is 53.4 Å². The van der Waals surface area contributed by atoms with E-state index in [9.17, 15) is 51.6 Å². The second-order valence-electron chi connectivity index (χ2n) is 18.9. The number of amides is 8. The van der Waals surface area contributed by atoms with Crippen LogP contribution >= 0.6 is 0 Å². The van der Waals surface area contributed by atoms with Crippen LogP contribution in [0.4, 0.5) is 10.5 Å². The Balaban J connectivity index is 1.57. The number of hydrogen-bond donors (Lipinski definition) is 6. The second kappa shape index (κ2) is 28.4. The highest BCUT2D eigenvalue weighted by atomic mass is 32.2. The molecule has 8 atom stereocenters. The molecule has 0 radical (unpaired) electrons. The van der Waals surface area contributed by atoms with E-state index in [0.717, 1.165) is 4.90 Å². The van der Waals surface area contributed by atoms with E-state index in [-0.39, 0.29) is 44.1 Å². The molecule has 0 spiro atoms. The molecular weight excluding hydrogens is 961 g/mol. The van der Waals surface area contributed by atoms with Crippen LogP contribution in [0.3, 0.4) is 0 Å². The van der Waals surface area contributed by atoms with Gasteiger partial charge in [-0.1, -0.05) is 53.2 Å². The van der Waals surface area contributed by atoms with Gasteiger partial charge in [-0.25, -0.2) is 13.2 Å². The summed E-state index contributed by atoms with van der Waals surface area (Å²) in [5.41, 5.74) is 0.981. The molecular formula is C48H76N8O15S. The van der Waals surface area contributed by atoms with Crippen LogP contribution in [0, 0.1) is 17.8 Å². The molecule has 0 aromatic heterocycles. The number of likely N-dealkylation sites (tertiary alicyclic amines) is 1. The molecule has 1 aliphatic heterocycles. The summed E-state index contributed by atoms with van der Waals surface area (Å²) < 4.78 is 43.5. The topological polar surface area (TPSA) is 306 Å². The van der Waals surface area contributed by atoms with Gasteiger partial charge in [0.1, 0.15) is 18.7 Å². The molecule has 1 aromatic carbocycles. The minimum atomic E-state index is -3.78. The highest BCUT2D eigenvalue weighted by molar-refractivity contribution is 7.90. The first-order valence-electron chi connectivity index (χ1n) is 24.4. The van der Waals surface area contributed by atoms with Crippen molar-refractivity contribution in [3.63, 3.8) is 0 Å². The first kappa shape index (κ1) is 60.4. The number of carbonyl (C=O) groups is 9. The van der Waals surface area contributed by atoms with Crippen molar-refractivity contribution in [2.45, 2.75) is 148 Å². The second-order valence-corrected chi connectivity index (χ2v) is 20.9. The van der Waals surface area contributed by atoms with Gasteiger partial charge in [-0.2, -0.15) is 0 Å². The normalized spacial score (nSPS) is 17.5. The number of hydrogen-bond acceptors (Lipinski definition) is 14. The van der Waals surface area contributed by atoms with E-state index in [0.29, 0.717) is 49.9 Å². The molecule has 23 nitrogen and oxygen atoms in total. The lowest BCUT2D eigenvalue weighted by Crippen LogP contribution is -2.55. The van der Waals surface area contributed by atoms with Gasteiger partial charge in [-0.3, -0.25) is 48.0 Å². The maximum absolute atomic E-state index is 14.1. The van der Waals surface area contributed by atoms with Gasteiger partial charge in [0.05, 0.1) is 55.0 Å². The molecule has 24 heteroatoms. The Morgan fingerprint density at radius 3 is 2.03 bits per heavy atom. The van der Waals surface area contributed by atoms with E-state index in [1.807, 2.05) is 18.6 Å². The van der Waals surface area contributed by atoms with Crippen LogP contribution in [0.5, 0.6) is 0 Å². The number of anilines is 1. The van der Waals surface area contributed by atoms with Crippen molar-refractivity contribution >= 4 is 69.1 Å². The van der Waals surface area contributed by atoms with Gasteiger partial charge in [0.15, 0.2) is 0 Å². The number of methoxy groups -OCH3 is 2.